The second-order valence-corrected chi connectivity index (χ2v) is 6.01. The highest BCUT2D eigenvalue weighted by atomic mass is 19.1. The first-order valence-corrected chi connectivity index (χ1v) is 8.24. The van der Waals surface area contributed by atoms with Crippen molar-refractivity contribution in [3.63, 3.8) is 0 Å². The lowest BCUT2D eigenvalue weighted by molar-refractivity contribution is -0.122. The van der Waals surface area contributed by atoms with Gasteiger partial charge in [0.25, 0.3) is 5.91 Å². The third-order valence-electron chi connectivity index (χ3n) is 4.14. The third kappa shape index (κ3) is 3.11. The molecule has 1 atom stereocenters. The van der Waals surface area contributed by atoms with Crippen molar-refractivity contribution >= 4 is 33.5 Å². The van der Waals surface area contributed by atoms with Gasteiger partial charge in [-0.15, -0.1) is 0 Å². The van der Waals surface area contributed by atoms with Gasteiger partial charge in [-0.2, -0.15) is 0 Å². The van der Waals surface area contributed by atoms with Crippen LogP contribution in [-0.2, 0) is 4.79 Å². The van der Waals surface area contributed by atoms with Crippen LogP contribution in [0.25, 0.3) is 21.9 Å². The van der Waals surface area contributed by atoms with Gasteiger partial charge in [0, 0.05) is 22.5 Å². The molecular formula is C21H16FNO3. The Morgan fingerprint density at radius 2 is 1.73 bits per heavy atom. The largest absolute Gasteiger partial charge is 0.481 e. The monoisotopic (exact) mass is 349 g/mol. The average molecular weight is 349 g/mol. The van der Waals surface area contributed by atoms with Crippen molar-refractivity contribution in [2.75, 3.05) is 5.32 Å². The van der Waals surface area contributed by atoms with E-state index in [2.05, 4.69) is 5.32 Å². The first kappa shape index (κ1) is 16.1. The van der Waals surface area contributed by atoms with Gasteiger partial charge >= 0.3 is 0 Å². The summed E-state index contributed by atoms with van der Waals surface area (Å²) in [5.41, 5.74) is 2.13. The zero-order chi connectivity index (χ0) is 18.1. The van der Waals surface area contributed by atoms with E-state index in [0.29, 0.717) is 17.0 Å². The summed E-state index contributed by atoms with van der Waals surface area (Å²) in [5.74, 6) is -0.222. The number of anilines is 1. The van der Waals surface area contributed by atoms with Crippen LogP contribution in [0, 0.1) is 5.82 Å². The van der Waals surface area contributed by atoms with Crippen LogP contribution in [0.4, 0.5) is 10.1 Å². The van der Waals surface area contributed by atoms with Crippen LogP contribution >= 0.6 is 0 Å². The molecular weight excluding hydrogens is 333 g/mol. The summed E-state index contributed by atoms with van der Waals surface area (Å²) in [6.45, 7) is 1.64. The molecule has 0 aliphatic heterocycles. The van der Waals surface area contributed by atoms with Gasteiger partial charge in [0.1, 0.15) is 22.7 Å². The van der Waals surface area contributed by atoms with Crippen molar-refractivity contribution in [2.24, 2.45) is 0 Å². The third-order valence-corrected chi connectivity index (χ3v) is 4.14. The highest BCUT2D eigenvalue weighted by molar-refractivity contribution is 6.06. The molecule has 0 aliphatic carbocycles. The van der Waals surface area contributed by atoms with Crippen LogP contribution in [0.5, 0.6) is 5.75 Å². The SMILES string of the molecule is C[C@@H](Oc1ccc(F)cc1)C(=O)Nc1ccc2c(c1)oc1ccccc12. The minimum absolute atomic E-state index is 0.301. The molecule has 0 aliphatic rings. The number of hydrogen-bond acceptors (Lipinski definition) is 3. The van der Waals surface area contributed by atoms with Crippen molar-refractivity contribution in [2.45, 2.75) is 13.0 Å². The van der Waals surface area contributed by atoms with Gasteiger partial charge in [-0.3, -0.25) is 4.79 Å². The van der Waals surface area contributed by atoms with Gasteiger partial charge < -0.3 is 14.5 Å². The molecule has 1 aromatic heterocycles. The Balaban J connectivity index is 1.51. The molecule has 130 valence electrons. The molecule has 4 rings (SSSR count). The van der Waals surface area contributed by atoms with Gasteiger partial charge in [-0.25, -0.2) is 4.39 Å². The zero-order valence-corrected chi connectivity index (χ0v) is 14.0. The molecule has 0 radical (unpaired) electrons. The molecule has 0 saturated carbocycles. The second-order valence-electron chi connectivity index (χ2n) is 6.01. The Kier molecular flexibility index (Phi) is 4.05. The fraction of sp³-hybridized carbons (Fsp3) is 0.0952. The molecule has 1 N–H and O–H groups in total. The van der Waals surface area contributed by atoms with E-state index in [0.717, 1.165) is 16.4 Å². The molecule has 0 unspecified atom stereocenters. The fourth-order valence-corrected chi connectivity index (χ4v) is 2.82. The molecule has 3 aromatic carbocycles. The molecule has 0 bridgehead atoms. The summed E-state index contributed by atoms with van der Waals surface area (Å²) < 4.78 is 24.3. The first-order valence-electron chi connectivity index (χ1n) is 8.24. The van der Waals surface area contributed by atoms with Crippen molar-refractivity contribution < 1.29 is 18.3 Å². The number of para-hydroxylation sites is 1. The number of furan rings is 1. The van der Waals surface area contributed by atoms with E-state index in [9.17, 15) is 9.18 Å². The van der Waals surface area contributed by atoms with Gasteiger partial charge in [-0.05, 0) is 49.4 Å². The molecule has 1 heterocycles. The van der Waals surface area contributed by atoms with Crippen LogP contribution in [0.2, 0.25) is 0 Å². The molecule has 4 aromatic rings. The lowest BCUT2D eigenvalue weighted by atomic mass is 10.1. The Labute approximate surface area is 149 Å². The predicted molar refractivity (Wildman–Crippen MR) is 98.8 cm³/mol. The van der Waals surface area contributed by atoms with Gasteiger partial charge in [0.15, 0.2) is 6.10 Å². The van der Waals surface area contributed by atoms with Crippen molar-refractivity contribution in [1.82, 2.24) is 0 Å². The summed E-state index contributed by atoms with van der Waals surface area (Å²) in [6, 6.07) is 18.9. The summed E-state index contributed by atoms with van der Waals surface area (Å²) >= 11 is 0. The van der Waals surface area contributed by atoms with Gasteiger partial charge in [-0.1, -0.05) is 18.2 Å². The molecule has 5 heteroatoms. The predicted octanol–water partition coefficient (Wildman–Crippen LogP) is 5.13. The van der Waals surface area contributed by atoms with E-state index in [4.69, 9.17) is 9.15 Å². The molecule has 0 fully saturated rings. The van der Waals surface area contributed by atoms with E-state index >= 15 is 0 Å². The number of rotatable bonds is 4. The van der Waals surface area contributed by atoms with E-state index in [1.807, 2.05) is 36.4 Å². The topological polar surface area (TPSA) is 51.5 Å². The number of nitrogens with one attached hydrogen (secondary N) is 1. The van der Waals surface area contributed by atoms with E-state index in [1.165, 1.54) is 24.3 Å². The number of halogens is 1. The van der Waals surface area contributed by atoms with Crippen molar-refractivity contribution in [3.8, 4) is 5.75 Å². The standard InChI is InChI=1S/C21H16FNO3/c1-13(25-16-9-6-14(22)7-10-16)21(24)23-15-8-11-18-17-4-2-3-5-19(17)26-20(18)12-15/h2-13H,1H3,(H,23,24)/t13-/m1/s1. The first-order chi connectivity index (χ1) is 12.6. The summed E-state index contributed by atoms with van der Waals surface area (Å²) in [6.07, 6.45) is -0.730. The highest BCUT2D eigenvalue weighted by Gasteiger charge is 2.16. The lowest BCUT2D eigenvalue weighted by Gasteiger charge is -2.14. The maximum atomic E-state index is 12.9. The Hall–Kier alpha value is -3.34. The van der Waals surface area contributed by atoms with Crippen molar-refractivity contribution in [1.29, 1.82) is 0 Å². The van der Waals surface area contributed by atoms with Gasteiger partial charge in [0.2, 0.25) is 0 Å². The van der Waals surface area contributed by atoms with E-state index in [-0.39, 0.29) is 11.7 Å². The summed E-state index contributed by atoms with van der Waals surface area (Å²) in [7, 11) is 0. The van der Waals surface area contributed by atoms with Crippen LogP contribution in [0.1, 0.15) is 6.92 Å². The van der Waals surface area contributed by atoms with Gasteiger partial charge in [0.05, 0.1) is 0 Å². The number of ether oxygens (including phenoxy) is 1. The van der Waals surface area contributed by atoms with E-state index in [1.54, 1.807) is 13.0 Å². The molecule has 0 saturated heterocycles. The van der Waals surface area contributed by atoms with Crippen molar-refractivity contribution in [3.05, 3.63) is 72.5 Å². The quantitative estimate of drug-likeness (QED) is 0.555. The lowest BCUT2D eigenvalue weighted by Crippen LogP contribution is -2.30. The van der Waals surface area contributed by atoms with Crippen LogP contribution in [0.15, 0.2) is 71.1 Å². The van der Waals surface area contributed by atoms with E-state index < -0.39 is 6.10 Å². The highest BCUT2D eigenvalue weighted by Crippen LogP contribution is 2.30. The number of benzene rings is 3. The van der Waals surface area contributed by atoms with Crippen LogP contribution in [-0.4, -0.2) is 12.0 Å². The minimum Gasteiger partial charge on any atom is -0.481 e. The molecule has 1 amide bonds. The number of carbonyl (C=O) groups excluding carboxylic acids is 1. The summed E-state index contributed by atoms with van der Waals surface area (Å²) in [5, 5.41) is 4.84. The number of fused-ring (bicyclic) bond motifs is 3. The van der Waals surface area contributed by atoms with Crippen LogP contribution < -0.4 is 10.1 Å². The molecule has 26 heavy (non-hydrogen) atoms. The Morgan fingerprint density at radius 1 is 1.00 bits per heavy atom. The smallest absolute Gasteiger partial charge is 0.265 e. The fourth-order valence-electron chi connectivity index (χ4n) is 2.82. The number of carbonyl (C=O) groups is 1. The maximum Gasteiger partial charge on any atom is 0.265 e. The second kappa shape index (κ2) is 6.52. The summed E-state index contributed by atoms with van der Waals surface area (Å²) in [4.78, 5) is 12.4. The minimum atomic E-state index is -0.730. The van der Waals surface area contributed by atoms with Crippen LogP contribution in [0.3, 0.4) is 0 Å². The number of hydrogen-bond donors (Lipinski definition) is 1. The normalized spacial score (nSPS) is 12.2. The molecule has 0 spiro atoms. The Morgan fingerprint density at radius 3 is 2.54 bits per heavy atom. The maximum absolute atomic E-state index is 12.9. The number of amides is 1. The Bertz CT molecular complexity index is 1090. The zero-order valence-electron chi connectivity index (χ0n) is 14.0. The average Bonchev–Trinajstić information content (AvgIpc) is 3.01. The molecule has 4 nitrogen and oxygen atoms in total.